The maximum Gasteiger partial charge on any atom is 0.119 e. The summed E-state index contributed by atoms with van der Waals surface area (Å²) in [5.41, 5.74) is 0. The summed E-state index contributed by atoms with van der Waals surface area (Å²) in [7, 11) is 3.30. The summed E-state index contributed by atoms with van der Waals surface area (Å²) in [5.74, 6) is 2.66. The molecule has 3 aromatic rings. The molecule has 5 heteroatoms. The lowest BCUT2D eigenvalue weighted by Crippen LogP contribution is -3.00. The summed E-state index contributed by atoms with van der Waals surface area (Å²) in [6.07, 6.45) is 6.09. The summed E-state index contributed by atoms with van der Waals surface area (Å²) in [6.45, 7) is 2.26. The molecule has 0 bridgehead atoms. The number of benzene rings is 3. The summed E-state index contributed by atoms with van der Waals surface area (Å²) in [4.78, 5) is 0. The third-order valence-corrected chi connectivity index (χ3v) is 10.4. The van der Waals surface area contributed by atoms with Crippen molar-refractivity contribution in [3.63, 3.8) is 0 Å². The fraction of sp³-hybridized carbons (Fsp3) is 0.333. The molecule has 3 rings (SSSR count). The van der Waals surface area contributed by atoms with E-state index in [1.165, 1.54) is 41.6 Å². The van der Waals surface area contributed by atoms with Crippen molar-refractivity contribution in [2.45, 2.75) is 32.6 Å². The molecule has 172 valence electrons. The third kappa shape index (κ3) is 5.77. The average Bonchev–Trinajstić information content (AvgIpc) is 2.85. The van der Waals surface area contributed by atoms with Gasteiger partial charge in [0, 0.05) is 0 Å². The van der Waals surface area contributed by atoms with E-state index >= 15 is 0 Å². The molecule has 0 unspecified atom stereocenters. The van der Waals surface area contributed by atoms with Crippen LogP contribution in [0.1, 0.15) is 32.6 Å². The van der Waals surface area contributed by atoms with Gasteiger partial charge < -0.3 is 26.6 Å². The first-order valence-corrected chi connectivity index (χ1v) is 13.0. The molecule has 0 amide bonds. The van der Waals surface area contributed by atoms with Gasteiger partial charge in [-0.25, -0.2) is 0 Å². The quantitative estimate of drug-likeness (QED) is 0.317. The van der Waals surface area contributed by atoms with Crippen LogP contribution in [0.2, 0.25) is 0 Å². The van der Waals surface area contributed by atoms with Gasteiger partial charge >= 0.3 is 0 Å². The number of halogens is 1. The van der Waals surface area contributed by atoms with Crippen LogP contribution in [0.25, 0.3) is 0 Å². The molecule has 0 fully saturated rings. The van der Waals surface area contributed by atoms with Crippen molar-refractivity contribution in [2.75, 3.05) is 27.5 Å². The second kappa shape index (κ2) is 12.7. The highest BCUT2D eigenvalue weighted by Gasteiger charge is 2.44. The van der Waals surface area contributed by atoms with Gasteiger partial charge in [-0.3, -0.25) is 0 Å². The Bertz CT molecular complexity index is 809. The van der Waals surface area contributed by atoms with Crippen LogP contribution in [-0.2, 0) is 0 Å². The monoisotopic (exact) mass is 472 g/mol. The van der Waals surface area contributed by atoms with E-state index in [1.54, 1.807) is 21.3 Å². The standard InChI is InChI=1S/C27H34O3P.ClH/c1-5-6-7-8-21-31(25-15-9-22(28-2)10-16-25,26-17-11-23(29-3)12-18-26)27-19-13-24(30-4)14-20-27;/h9-20H,5-8,21H2,1-4H3;1H/q+1;/p-1. The highest BCUT2D eigenvalue weighted by atomic mass is 35.5. The van der Waals surface area contributed by atoms with E-state index in [4.69, 9.17) is 14.2 Å². The van der Waals surface area contributed by atoms with Crippen LogP contribution in [0.4, 0.5) is 0 Å². The zero-order chi connectivity index (χ0) is 22.1. The van der Waals surface area contributed by atoms with Crippen LogP contribution in [-0.4, -0.2) is 27.5 Å². The van der Waals surface area contributed by atoms with Crippen molar-refractivity contribution in [3.8, 4) is 17.2 Å². The van der Waals surface area contributed by atoms with Crippen molar-refractivity contribution in [2.24, 2.45) is 0 Å². The Balaban J connectivity index is 0.00000363. The molecule has 32 heavy (non-hydrogen) atoms. The predicted molar refractivity (Wildman–Crippen MR) is 134 cm³/mol. The molecular formula is C27H34ClO3P. The SMILES string of the molecule is CCCCCC[P+](c1ccc(OC)cc1)(c1ccc(OC)cc1)c1ccc(OC)cc1.[Cl-]. The molecule has 0 aliphatic heterocycles. The first kappa shape index (κ1) is 26.0. The van der Waals surface area contributed by atoms with Crippen LogP contribution in [0.15, 0.2) is 72.8 Å². The highest BCUT2D eigenvalue weighted by Crippen LogP contribution is 2.56. The summed E-state index contributed by atoms with van der Waals surface area (Å²) in [5, 5.41) is 4.13. The van der Waals surface area contributed by atoms with E-state index in [-0.39, 0.29) is 12.4 Å². The predicted octanol–water partition coefficient (Wildman–Crippen LogP) is 2.59. The van der Waals surface area contributed by atoms with Gasteiger partial charge in [0.1, 0.15) is 40.4 Å². The first-order valence-electron chi connectivity index (χ1n) is 11.0. The minimum absolute atomic E-state index is 0. The topological polar surface area (TPSA) is 27.7 Å². The van der Waals surface area contributed by atoms with Crippen LogP contribution in [0.5, 0.6) is 17.2 Å². The molecule has 0 spiro atoms. The Labute approximate surface area is 199 Å². The molecular weight excluding hydrogens is 439 g/mol. The number of unbranched alkanes of at least 4 members (excludes halogenated alkanes) is 3. The molecule has 0 aliphatic rings. The lowest BCUT2D eigenvalue weighted by molar-refractivity contribution is -0.00000722. The summed E-state index contributed by atoms with van der Waals surface area (Å²) < 4.78 is 16.3. The van der Waals surface area contributed by atoms with Crippen LogP contribution in [0, 0.1) is 0 Å². The van der Waals surface area contributed by atoms with Gasteiger partial charge in [-0.15, -0.1) is 0 Å². The number of methoxy groups -OCH3 is 3. The highest BCUT2D eigenvalue weighted by molar-refractivity contribution is 7.95. The smallest absolute Gasteiger partial charge is 0.119 e. The summed E-state index contributed by atoms with van der Waals surface area (Å²) in [6, 6.07) is 26.0. The van der Waals surface area contributed by atoms with E-state index in [2.05, 4.69) is 79.7 Å². The van der Waals surface area contributed by atoms with Gasteiger partial charge in [0.15, 0.2) is 0 Å². The van der Waals surface area contributed by atoms with Crippen LogP contribution in [0.3, 0.4) is 0 Å². The maximum atomic E-state index is 5.45. The van der Waals surface area contributed by atoms with Crippen molar-refractivity contribution in [1.29, 1.82) is 0 Å². The Hall–Kier alpha value is -2.22. The van der Waals surface area contributed by atoms with Crippen molar-refractivity contribution >= 4 is 23.2 Å². The zero-order valence-corrected chi connectivity index (χ0v) is 21.2. The van der Waals surface area contributed by atoms with E-state index in [1.807, 2.05) is 0 Å². The number of hydrogen-bond acceptors (Lipinski definition) is 3. The Morgan fingerprint density at radius 1 is 0.531 bits per heavy atom. The Morgan fingerprint density at radius 2 is 0.875 bits per heavy atom. The number of ether oxygens (including phenoxy) is 3. The van der Waals surface area contributed by atoms with Crippen molar-refractivity contribution in [1.82, 2.24) is 0 Å². The van der Waals surface area contributed by atoms with Gasteiger partial charge in [0.25, 0.3) is 0 Å². The largest absolute Gasteiger partial charge is 1.00 e. The number of rotatable bonds is 11. The van der Waals surface area contributed by atoms with E-state index in [9.17, 15) is 0 Å². The van der Waals surface area contributed by atoms with Crippen LogP contribution < -0.4 is 42.5 Å². The maximum absolute atomic E-state index is 5.45. The summed E-state index contributed by atoms with van der Waals surface area (Å²) >= 11 is 0. The number of hydrogen-bond donors (Lipinski definition) is 0. The molecule has 3 aromatic carbocycles. The second-order valence-electron chi connectivity index (χ2n) is 7.69. The molecule has 0 saturated heterocycles. The van der Waals surface area contributed by atoms with Gasteiger partial charge in [0.05, 0.1) is 27.5 Å². The minimum atomic E-state index is -1.85. The Morgan fingerprint density at radius 3 is 1.16 bits per heavy atom. The van der Waals surface area contributed by atoms with Gasteiger partial charge in [-0.2, -0.15) is 0 Å². The normalized spacial score (nSPS) is 10.9. The molecule has 0 N–H and O–H groups in total. The van der Waals surface area contributed by atoms with Crippen molar-refractivity contribution in [3.05, 3.63) is 72.8 Å². The lowest BCUT2D eigenvalue weighted by Gasteiger charge is -2.28. The fourth-order valence-corrected chi connectivity index (χ4v) is 8.46. The van der Waals surface area contributed by atoms with E-state index < -0.39 is 7.26 Å². The fourth-order valence-electron chi connectivity index (χ4n) is 4.12. The van der Waals surface area contributed by atoms with Crippen LogP contribution >= 0.6 is 7.26 Å². The molecule has 0 saturated carbocycles. The molecule has 0 aliphatic carbocycles. The molecule has 0 aromatic heterocycles. The third-order valence-electron chi connectivity index (χ3n) is 5.89. The zero-order valence-electron chi connectivity index (χ0n) is 19.5. The van der Waals surface area contributed by atoms with E-state index in [0.717, 1.165) is 23.4 Å². The van der Waals surface area contributed by atoms with E-state index in [0.29, 0.717) is 0 Å². The Kier molecular flexibility index (Phi) is 10.4. The molecule has 0 radical (unpaired) electrons. The first-order chi connectivity index (χ1) is 15.2. The average molecular weight is 473 g/mol. The van der Waals surface area contributed by atoms with Crippen molar-refractivity contribution < 1.29 is 26.6 Å². The molecule has 0 heterocycles. The molecule has 0 atom stereocenters. The van der Waals surface area contributed by atoms with Gasteiger partial charge in [-0.1, -0.05) is 19.8 Å². The molecule has 3 nitrogen and oxygen atoms in total. The van der Waals surface area contributed by atoms with Gasteiger partial charge in [0.2, 0.25) is 0 Å². The minimum Gasteiger partial charge on any atom is -1.00 e. The second-order valence-corrected chi connectivity index (χ2v) is 11.3. The van der Waals surface area contributed by atoms with Gasteiger partial charge in [-0.05, 0) is 85.6 Å². The lowest BCUT2D eigenvalue weighted by atomic mass is 10.2.